The van der Waals surface area contributed by atoms with Crippen molar-refractivity contribution in [1.82, 2.24) is 0 Å². The molecule has 0 spiro atoms. The molecule has 68 valence electrons. The molecule has 1 saturated carbocycles. The second-order valence-corrected chi connectivity index (χ2v) is 3.47. The smallest absolute Gasteiger partial charge is 0.128 e. The van der Waals surface area contributed by atoms with Gasteiger partial charge in [0.1, 0.15) is 17.7 Å². The number of nitriles is 2. The summed E-state index contributed by atoms with van der Waals surface area (Å²) in [6, 6.07) is 3.98. The van der Waals surface area contributed by atoms with Crippen LogP contribution in [0.5, 0.6) is 0 Å². The molecule has 0 heterocycles. The van der Waals surface area contributed by atoms with E-state index in [1.54, 1.807) is 0 Å². The highest BCUT2D eigenvalue weighted by atomic mass is 14.3. The van der Waals surface area contributed by atoms with E-state index < -0.39 is 0 Å². The Morgan fingerprint density at radius 1 is 0.846 bits per heavy atom. The molecule has 2 nitrogen and oxygen atoms in total. The lowest BCUT2D eigenvalue weighted by Crippen LogP contribution is -1.94. The maximum absolute atomic E-state index is 8.71. The predicted molar refractivity (Wildman–Crippen MR) is 50.6 cm³/mol. The number of allylic oxidation sites excluding steroid dienone is 2. The van der Waals surface area contributed by atoms with E-state index >= 15 is 0 Å². The van der Waals surface area contributed by atoms with E-state index in [-0.39, 0.29) is 0 Å². The molecule has 0 aromatic heterocycles. The molecule has 0 N–H and O–H groups in total. The molecule has 1 aliphatic rings. The Balaban J connectivity index is 2.71. The first-order valence-electron chi connectivity index (χ1n) is 4.90. The Hall–Kier alpha value is -1.28. The summed E-state index contributed by atoms with van der Waals surface area (Å²) in [5.74, 6) is 0. The van der Waals surface area contributed by atoms with E-state index in [9.17, 15) is 0 Å². The third kappa shape index (κ3) is 2.92. The second kappa shape index (κ2) is 5.38. The molecular weight excluding hydrogens is 160 g/mol. The summed E-state index contributed by atoms with van der Waals surface area (Å²) in [6.07, 6.45) is 7.99. The van der Waals surface area contributed by atoms with Gasteiger partial charge in [-0.15, -0.1) is 0 Å². The molecule has 13 heavy (non-hydrogen) atoms. The van der Waals surface area contributed by atoms with Crippen molar-refractivity contribution in [2.24, 2.45) is 0 Å². The highest BCUT2D eigenvalue weighted by molar-refractivity contribution is 5.40. The Bertz CT molecular complexity index is 249. The second-order valence-electron chi connectivity index (χ2n) is 3.47. The van der Waals surface area contributed by atoms with Crippen LogP contribution in [0.4, 0.5) is 0 Å². The van der Waals surface area contributed by atoms with E-state index in [1.807, 2.05) is 12.1 Å². The van der Waals surface area contributed by atoms with Gasteiger partial charge in [0.25, 0.3) is 0 Å². The van der Waals surface area contributed by atoms with Crippen molar-refractivity contribution in [3.8, 4) is 12.1 Å². The van der Waals surface area contributed by atoms with Crippen LogP contribution >= 0.6 is 0 Å². The lowest BCUT2D eigenvalue weighted by Gasteiger charge is -2.11. The van der Waals surface area contributed by atoms with Crippen molar-refractivity contribution in [2.75, 3.05) is 0 Å². The van der Waals surface area contributed by atoms with Gasteiger partial charge >= 0.3 is 0 Å². The fourth-order valence-electron chi connectivity index (χ4n) is 1.77. The van der Waals surface area contributed by atoms with Crippen LogP contribution in [-0.4, -0.2) is 0 Å². The summed E-state index contributed by atoms with van der Waals surface area (Å²) >= 11 is 0. The molecule has 0 bridgehead atoms. The first-order valence-corrected chi connectivity index (χ1v) is 4.90. The van der Waals surface area contributed by atoms with E-state index in [0.29, 0.717) is 5.57 Å². The van der Waals surface area contributed by atoms with E-state index in [0.717, 1.165) is 31.3 Å². The molecular formula is C11H14N2. The molecule has 1 rings (SSSR count). The van der Waals surface area contributed by atoms with Gasteiger partial charge in [-0.3, -0.25) is 0 Å². The Kier molecular flexibility index (Phi) is 4.06. The quantitative estimate of drug-likeness (QED) is 0.530. The van der Waals surface area contributed by atoms with Crippen molar-refractivity contribution in [3.63, 3.8) is 0 Å². The van der Waals surface area contributed by atoms with Crippen LogP contribution < -0.4 is 0 Å². The highest BCUT2D eigenvalue weighted by Crippen LogP contribution is 2.23. The normalized spacial score (nSPS) is 17.8. The van der Waals surface area contributed by atoms with Crippen LogP contribution in [0.1, 0.15) is 44.9 Å². The fourth-order valence-corrected chi connectivity index (χ4v) is 1.77. The maximum Gasteiger partial charge on any atom is 0.128 e. The topological polar surface area (TPSA) is 47.6 Å². The van der Waals surface area contributed by atoms with Crippen LogP contribution in [-0.2, 0) is 0 Å². The molecule has 0 radical (unpaired) electrons. The predicted octanol–water partition coefficient (Wildman–Crippen LogP) is 3.07. The van der Waals surface area contributed by atoms with E-state index in [2.05, 4.69) is 0 Å². The summed E-state index contributed by atoms with van der Waals surface area (Å²) in [4.78, 5) is 0. The standard InChI is InChI=1S/C11H14N2/c12-8-11(9-13)10-6-4-2-1-3-5-7-10/h1-7H2. The average Bonchev–Trinajstić information content (AvgIpc) is 2.09. The summed E-state index contributed by atoms with van der Waals surface area (Å²) in [5.41, 5.74) is 1.45. The molecule has 0 amide bonds. The first-order chi connectivity index (χ1) is 6.38. The lowest BCUT2D eigenvalue weighted by molar-refractivity contribution is 0.567. The lowest BCUT2D eigenvalue weighted by atomic mass is 9.93. The number of hydrogen-bond donors (Lipinski definition) is 0. The summed E-state index contributed by atoms with van der Waals surface area (Å²) in [7, 11) is 0. The number of rotatable bonds is 0. The van der Waals surface area contributed by atoms with Crippen molar-refractivity contribution in [3.05, 3.63) is 11.1 Å². The first kappa shape index (κ1) is 9.81. The molecule has 0 unspecified atom stereocenters. The molecule has 0 atom stereocenters. The van der Waals surface area contributed by atoms with Crippen LogP contribution in [0, 0.1) is 22.7 Å². The number of nitrogens with zero attached hydrogens (tertiary/aromatic N) is 2. The Morgan fingerprint density at radius 2 is 1.31 bits per heavy atom. The third-order valence-electron chi connectivity index (χ3n) is 2.53. The van der Waals surface area contributed by atoms with Crippen molar-refractivity contribution in [1.29, 1.82) is 10.5 Å². The van der Waals surface area contributed by atoms with Gasteiger partial charge in [0.05, 0.1) is 0 Å². The van der Waals surface area contributed by atoms with Gasteiger partial charge in [-0.2, -0.15) is 10.5 Å². The largest absolute Gasteiger partial charge is 0.192 e. The SMILES string of the molecule is N#CC(C#N)=C1CCCCCCC1. The van der Waals surface area contributed by atoms with Crippen molar-refractivity contribution in [2.45, 2.75) is 44.9 Å². The maximum atomic E-state index is 8.71. The van der Waals surface area contributed by atoms with Gasteiger partial charge in [0.15, 0.2) is 0 Å². The highest BCUT2D eigenvalue weighted by Gasteiger charge is 2.08. The molecule has 0 aromatic carbocycles. The minimum Gasteiger partial charge on any atom is -0.192 e. The molecule has 2 heteroatoms. The minimum absolute atomic E-state index is 0.363. The van der Waals surface area contributed by atoms with E-state index in [1.165, 1.54) is 19.3 Å². The average molecular weight is 174 g/mol. The Labute approximate surface area is 79.5 Å². The van der Waals surface area contributed by atoms with Gasteiger partial charge in [-0.05, 0) is 31.3 Å². The van der Waals surface area contributed by atoms with Gasteiger partial charge in [-0.25, -0.2) is 0 Å². The minimum atomic E-state index is 0.363. The zero-order valence-corrected chi connectivity index (χ0v) is 7.84. The number of hydrogen-bond acceptors (Lipinski definition) is 2. The van der Waals surface area contributed by atoms with Gasteiger partial charge < -0.3 is 0 Å². The van der Waals surface area contributed by atoms with Crippen LogP contribution in [0.3, 0.4) is 0 Å². The molecule has 1 aliphatic carbocycles. The fraction of sp³-hybridized carbons (Fsp3) is 0.636. The summed E-state index contributed by atoms with van der Waals surface area (Å²) < 4.78 is 0. The van der Waals surface area contributed by atoms with Gasteiger partial charge in [0.2, 0.25) is 0 Å². The van der Waals surface area contributed by atoms with Crippen molar-refractivity contribution < 1.29 is 0 Å². The molecule has 0 aliphatic heterocycles. The monoisotopic (exact) mass is 174 g/mol. The zero-order chi connectivity index (χ0) is 9.52. The van der Waals surface area contributed by atoms with Crippen LogP contribution in [0.2, 0.25) is 0 Å². The van der Waals surface area contributed by atoms with Gasteiger partial charge in [-0.1, -0.05) is 19.3 Å². The molecule has 1 fully saturated rings. The van der Waals surface area contributed by atoms with Crippen LogP contribution in [0.15, 0.2) is 11.1 Å². The van der Waals surface area contributed by atoms with E-state index in [4.69, 9.17) is 10.5 Å². The summed E-state index contributed by atoms with van der Waals surface area (Å²) in [5, 5.41) is 17.4. The third-order valence-corrected chi connectivity index (χ3v) is 2.53. The zero-order valence-electron chi connectivity index (χ0n) is 7.84. The summed E-state index contributed by atoms with van der Waals surface area (Å²) in [6.45, 7) is 0. The molecule has 0 aromatic rings. The van der Waals surface area contributed by atoms with Crippen LogP contribution in [0.25, 0.3) is 0 Å². The van der Waals surface area contributed by atoms with Crippen molar-refractivity contribution >= 4 is 0 Å². The Morgan fingerprint density at radius 3 is 1.77 bits per heavy atom. The molecule has 0 saturated heterocycles. The van der Waals surface area contributed by atoms with Gasteiger partial charge in [0, 0.05) is 0 Å².